The molecule has 0 unspecified atom stereocenters. The van der Waals surface area contributed by atoms with E-state index in [0.717, 1.165) is 23.5 Å². The largest absolute Gasteiger partial charge is 0.481 e. The van der Waals surface area contributed by atoms with Crippen LogP contribution in [0.5, 0.6) is 0 Å². The molecule has 2 saturated carbocycles. The Morgan fingerprint density at radius 1 is 1.07 bits per heavy atom. The summed E-state index contributed by atoms with van der Waals surface area (Å²) in [5.74, 6) is -3.02. The van der Waals surface area contributed by atoms with Crippen molar-refractivity contribution >= 4 is 40.9 Å². The molecule has 2 aromatic heterocycles. The molecular formula is C26H28Cl2F4N4O4. The molecule has 0 bridgehead atoms. The van der Waals surface area contributed by atoms with Gasteiger partial charge in [-0.05, 0) is 45.4 Å². The SMILES string of the molecule is C[C@]1(C(=O)O)CC[C@H](n2ncc(C(=O)N(CC(=O)c3c(Cl)cncc3Cl)CC3(F)CCCC3)c2C(F)(F)F)CC1. The summed E-state index contributed by atoms with van der Waals surface area (Å²) in [7, 11) is 0. The second-order valence-corrected chi connectivity index (χ2v) is 11.7. The number of halogens is 6. The predicted molar refractivity (Wildman–Crippen MR) is 137 cm³/mol. The monoisotopic (exact) mass is 606 g/mol. The lowest BCUT2D eigenvalue weighted by atomic mass is 9.74. The van der Waals surface area contributed by atoms with Crippen molar-refractivity contribution in [3.8, 4) is 0 Å². The summed E-state index contributed by atoms with van der Waals surface area (Å²) in [6, 6.07) is -0.794. The van der Waals surface area contributed by atoms with E-state index in [1.54, 1.807) is 6.92 Å². The third-order valence-corrected chi connectivity index (χ3v) is 8.52. The van der Waals surface area contributed by atoms with Crippen LogP contribution in [0.1, 0.15) is 90.7 Å². The van der Waals surface area contributed by atoms with E-state index in [2.05, 4.69) is 10.1 Å². The number of carboxylic acids is 1. The van der Waals surface area contributed by atoms with Crippen molar-refractivity contribution in [1.82, 2.24) is 19.7 Å². The van der Waals surface area contributed by atoms with Crippen molar-refractivity contribution in [2.45, 2.75) is 76.2 Å². The lowest BCUT2D eigenvalue weighted by Gasteiger charge is -2.34. The second-order valence-electron chi connectivity index (χ2n) is 10.9. The first-order valence-electron chi connectivity index (χ1n) is 12.8. The van der Waals surface area contributed by atoms with Gasteiger partial charge >= 0.3 is 12.1 Å². The molecule has 2 fully saturated rings. The highest BCUT2D eigenvalue weighted by atomic mass is 35.5. The smallest absolute Gasteiger partial charge is 0.433 e. The Hall–Kier alpha value is -2.73. The number of rotatable bonds is 8. The summed E-state index contributed by atoms with van der Waals surface area (Å²) in [5, 5.41) is 13.1. The van der Waals surface area contributed by atoms with E-state index in [0.29, 0.717) is 17.5 Å². The van der Waals surface area contributed by atoms with Crippen molar-refractivity contribution in [2.75, 3.05) is 13.1 Å². The number of ketones is 1. The molecule has 1 N–H and O–H groups in total. The first kappa shape index (κ1) is 30.2. The number of carboxylic acid groups (broad SMARTS) is 1. The van der Waals surface area contributed by atoms with Crippen molar-refractivity contribution in [1.29, 1.82) is 0 Å². The summed E-state index contributed by atoms with van der Waals surface area (Å²) in [6.07, 6.45) is -0.173. The van der Waals surface area contributed by atoms with Crippen LogP contribution in [0.25, 0.3) is 0 Å². The lowest BCUT2D eigenvalue weighted by molar-refractivity contribution is -0.152. The summed E-state index contributed by atoms with van der Waals surface area (Å²) in [5.41, 5.74) is -5.25. The molecule has 218 valence electrons. The fraction of sp³-hybridized carbons (Fsp3) is 0.577. The van der Waals surface area contributed by atoms with Crippen molar-refractivity contribution < 1.29 is 37.1 Å². The molecule has 14 heteroatoms. The van der Waals surface area contributed by atoms with E-state index in [1.807, 2.05) is 0 Å². The van der Waals surface area contributed by atoms with Crippen LogP contribution in [0.15, 0.2) is 18.6 Å². The molecular weight excluding hydrogens is 579 g/mol. The predicted octanol–water partition coefficient (Wildman–Crippen LogP) is 6.42. The maximum absolute atomic E-state index is 15.6. The van der Waals surface area contributed by atoms with E-state index >= 15 is 4.39 Å². The van der Waals surface area contributed by atoms with Crippen LogP contribution in [0.3, 0.4) is 0 Å². The maximum atomic E-state index is 15.6. The van der Waals surface area contributed by atoms with Gasteiger partial charge in [0.15, 0.2) is 11.5 Å². The molecule has 2 aliphatic carbocycles. The number of alkyl halides is 4. The van der Waals surface area contributed by atoms with Crippen LogP contribution in [-0.2, 0) is 11.0 Å². The van der Waals surface area contributed by atoms with Gasteiger partial charge in [-0.3, -0.25) is 24.0 Å². The van der Waals surface area contributed by atoms with Gasteiger partial charge in [-0.1, -0.05) is 36.0 Å². The second kappa shape index (κ2) is 11.3. The molecule has 0 aliphatic heterocycles. The zero-order valence-electron chi connectivity index (χ0n) is 21.6. The van der Waals surface area contributed by atoms with Crippen molar-refractivity contribution in [2.24, 2.45) is 5.41 Å². The highest BCUT2D eigenvalue weighted by Gasteiger charge is 2.46. The van der Waals surface area contributed by atoms with Crippen molar-refractivity contribution in [3.63, 3.8) is 0 Å². The van der Waals surface area contributed by atoms with Gasteiger partial charge in [-0.2, -0.15) is 18.3 Å². The first-order valence-corrected chi connectivity index (χ1v) is 13.6. The number of nitrogens with zero attached hydrogens (tertiary/aromatic N) is 4. The first-order chi connectivity index (χ1) is 18.7. The fourth-order valence-corrected chi connectivity index (χ4v) is 6.16. The van der Waals surface area contributed by atoms with Gasteiger partial charge < -0.3 is 10.0 Å². The van der Waals surface area contributed by atoms with Crippen LogP contribution in [-0.4, -0.2) is 61.2 Å². The van der Waals surface area contributed by atoms with Crippen LogP contribution < -0.4 is 0 Å². The Bertz CT molecular complexity index is 1280. The Balaban J connectivity index is 1.69. The lowest BCUT2D eigenvalue weighted by Crippen LogP contribution is -2.45. The molecule has 1 amide bonds. The normalized spacial score (nSPS) is 22.7. The minimum absolute atomic E-state index is 0.0948. The molecule has 4 rings (SSSR count). The van der Waals surface area contributed by atoms with Crippen LogP contribution >= 0.6 is 23.2 Å². The average molecular weight is 607 g/mol. The zero-order valence-corrected chi connectivity index (χ0v) is 23.1. The third kappa shape index (κ3) is 6.12. The number of Topliss-reactive ketones (excluding diaryl/α,β-unsaturated/α-hetero) is 1. The summed E-state index contributed by atoms with van der Waals surface area (Å²) >= 11 is 12.1. The zero-order chi connectivity index (χ0) is 29.5. The molecule has 2 aromatic rings. The molecule has 0 atom stereocenters. The van der Waals surface area contributed by atoms with Gasteiger partial charge in [0.25, 0.3) is 5.91 Å². The van der Waals surface area contributed by atoms with Gasteiger partial charge in [0.05, 0.1) is 51.9 Å². The summed E-state index contributed by atoms with van der Waals surface area (Å²) < 4.78 is 59.5. The molecule has 2 heterocycles. The number of carbonyl (C=O) groups is 3. The Kier molecular flexibility index (Phi) is 8.52. The van der Waals surface area contributed by atoms with Gasteiger partial charge in [0.2, 0.25) is 0 Å². The van der Waals surface area contributed by atoms with Gasteiger partial charge in [-0.15, -0.1) is 0 Å². The summed E-state index contributed by atoms with van der Waals surface area (Å²) in [4.78, 5) is 42.9. The maximum Gasteiger partial charge on any atom is 0.433 e. The van der Waals surface area contributed by atoms with E-state index in [9.17, 15) is 32.7 Å². The average Bonchev–Trinajstić information content (AvgIpc) is 3.50. The topological polar surface area (TPSA) is 105 Å². The standard InChI is InChI=1S/C26H28Cl2F4N4O4/c1-24(23(39)40)8-4-15(5-9-24)36-21(26(30,31)32)16(10-34-36)22(38)35(14-25(29)6-2-3-7-25)13-19(37)20-17(27)11-33-12-18(20)28/h10-12,15H,2-9,13-14H2,1H3,(H,39,40)/t15-,24-. The number of hydrogen-bond donors (Lipinski definition) is 1. The molecule has 40 heavy (non-hydrogen) atoms. The molecule has 0 aromatic carbocycles. The van der Waals surface area contributed by atoms with E-state index in [-0.39, 0.29) is 54.1 Å². The molecule has 0 saturated heterocycles. The van der Waals surface area contributed by atoms with Crippen LogP contribution in [0.4, 0.5) is 17.6 Å². The highest BCUT2D eigenvalue weighted by molar-refractivity contribution is 6.39. The quantitative estimate of drug-likeness (QED) is 0.275. The molecule has 0 radical (unpaired) electrons. The molecule has 8 nitrogen and oxygen atoms in total. The minimum atomic E-state index is -5.01. The number of aliphatic carboxylic acids is 1. The Morgan fingerprint density at radius 2 is 1.65 bits per heavy atom. The Morgan fingerprint density at radius 3 is 2.17 bits per heavy atom. The fourth-order valence-electron chi connectivity index (χ4n) is 5.59. The van der Waals surface area contributed by atoms with Gasteiger partial charge in [0, 0.05) is 12.4 Å². The van der Waals surface area contributed by atoms with E-state index in [4.69, 9.17) is 23.2 Å². The summed E-state index contributed by atoms with van der Waals surface area (Å²) in [6.45, 7) is 0.178. The third-order valence-electron chi connectivity index (χ3n) is 7.94. The van der Waals surface area contributed by atoms with Crippen molar-refractivity contribution in [3.05, 3.63) is 45.5 Å². The number of aromatic nitrogens is 3. The van der Waals surface area contributed by atoms with Crippen LogP contribution in [0, 0.1) is 5.41 Å². The van der Waals surface area contributed by atoms with Crippen LogP contribution in [0.2, 0.25) is 10.0 Å². The molecule has 0 spiro atoms. The van der Waals surface area contributed by atoms with Gasteiger partial charge in [-0.25, -0.2) is 4.39 Å². The van der Waals surface area contributed by atoms with E-state index in [1.165, 1.54) is 0 Å². The number of hydrogen-bond acceptors (Lipinski definition) is 5. The number of carbonyl (C=O) groups excluding carboxylic acids is 2. The highest BCUT2D eigenvalue weighted by Crippen LogP contribution is 2.44. The van der Waals surface area contributed by atoms with E-state index < -0.39 is 65.3 Å². The number of amides is 1. The number of pyridine rings is 1. The molecule has 2 aliphatic rings. The van der Waals surface area contributed by atoms with Gasteiger partial charge in [0.1, 0.15) is 5.67 Å². The Labute approximate surface area is 237 Å². The minimum Gasteiger partial charge on any atom is -0.481 e.